The summed E-state index contributed by atoms with van der Waals surface area (Å²) >= 11 is 0. The lowest BCUT2D eigenvalue weighted by Gasteiger charge is -2.34. The van der Waals surface area contributed by atoms with E-state index in [0.717, 1.165) is 12.8 Å². The number of carbonyl (C=O) groups excluding carboxylic acids is 3. The molecule has 0 bridgehead atoms. The topological polar surface area (TPSA) is 167 Å². The van der Waals surface area contributed by atoms with Crippen LogP contribution in [-0.4, -0.2) is 128 Å². The highest BCUT2D eigenvalue weighted by atomic mass is 16.5. The first kappa shape index (κ1) is 32.0. The maximum atomic E-state index is 13.4. The Kier molecular flexibility index (Phi) is 9.49. The third-order valence-electron chi connectivity index (χ3n) is 7.48. The third kappa shape index (κ3) is 7.66. The molecule has 1 aromatic carbocycles. The summed E-state index contributed by atoms with van der Waals surface area (Å²) in [6.07, 6.45) is 1.59. The van der Waals surface area contributed by atoms with Crippen LogP contribution in [0.25, 0.3) is 11.3 Å². The normalized spacial score (nSPS) is 15.4. The minimum Gasteiger partial charge on any atom is -0.494 e. The number of nitrogens with zero attached hydrogens (tertiary/aromatic N) is 6. The van der Waals surface area contributed by atoms with Crippen LogP contribution in [0.2, 0.25) is 0 Å². The number of methoxy groups -OCH3 is 1. The number of carbonyl (C=O) groups is 3. The molecule has 3 heterocycles. The van der Waals surface area contributed by atoms with E-state index in [2.05, 4.69) is 36.1 Å². The summed E-state index contributed by atoms with van der Waals surface area (Å²) in [4.78, 5) is 42.6. The Morgan fingerprint density at radius 2 is 1.80 bits per heavy atom. The van der Waals surface area contributed by atoms with Gasteiger partial charge in [-0.1, -0.05) is 11.3 Å². The smallest absolute Gasteiger partial charge is 0.272 e. The van der Waals surface area contributed by atoms with Crippen LogP contribution in [0, 0.1) is 5.92 Å². The molecule has 3 amide bonds. The number of ether oxygens (including phenoxy) is 1. The molecule has 0 unspecified atom stereocenters. The molecule has 0 atom stereocenters. The Morgan fingerprint density at radius 3 is 2.44 bits per heavy atom. The van der Waals surface area contributed by atoms with Gasteiger partial charge in [0, 0.05) is 57.3 Å². The first-order valence-corrected chi connectivity index (χ1v) is 14.5. The summed E-state index contributed by atoms with van der Waals surface area (Å²) in [5.41, 5.74) is 1.86. The van der Waals surface area contributed by atoms with Gasteiger partial charge in [0.05, 0.1) is 54.3 Å². The van der Waals surface area contributed by atoms with Crippen LogP contribution in [-0.2, 0) is 11.8 Å². The predicted octanol–water partition coefficient (Wildman–Crippen LogP) is -0.425. The summed E-state index contributed by atoms with van der Waals surface area (Å²) in [5.74, 6) is -0.734. The van der Waals surface area contributed by atoms with Crippen molar-refractivity contribution in [2.24, 2.45) is 13.0 Å². The van der Waals surface area contributed by atoms with Gasteiger partial charge in [0.2, 0.25) is 5.91 Å². The van der Waals surface area contributed by atoms with Gasteiger partial charge in [-0.3, -0.25) is 24.0 Å². The number of aliphatic hydroxyl groups excluding tert-OH is 1. The largest absolute Gasteiger partial charge is 0.494 e. The highest BCUT2D eigenvalue weighted by molar-refractivity contribution is 6.60. The lowest BCUT2D eigenvalue weighted by Crippen LogP contribution is -2.50. The number of benzene rings is 1. The number of nitrogens with one attached hydrogen (secondary N) is 3. The summed E-state index contributed by atoms with van der Waals surface area (Å²) in [7, 11) is 19.9. The van der Waals surface area contributed by atoms with E-state index >= 15 is 0 Å². The second kappa shape index (κ2) is 13.3. The molecular formula is C28H32B3N9O5. The fraction of sp³-hybridized carbons (Fsp3) is 0.429. The quantitative estimate of drug-likeness (QED) is 0.210. The predicted molar refractivity (Wildman–Crippen MR) is 169 cm³/mol. The number of piperazine rings is 1. The van der Waals surface area contributed by atoms with Gasteiger partial charge in [0.25, 0.3) is 11.8 Å². The first-order chi connectivity index (χ1) is 21.5. The molecule has 2 aliphatic rings. The van der Waals surface area contributed by atoms with Gasteiger partial charge in [0.1, 0.15) is 5.69 Å². The second-order valence-corrected chi connectivity index (χ2v) is 11.0. The van der Waals surface area contributed by atoms with Crippen LogP contribution in [0.3, 0.4) is 0 Å². The van der Waals surface area contributed by atoms with Gasteiger partial charge in [-0.05, 0) is 31.0 Å². The third-order valence-corrected chi connectivity index (χ3v) is 7.48. The standard InChI is InChI=1S/C28H32B3N9O5/c1-38-21(27(44)40-10-8-39(9-11-40)12-13-41)14-19(37-38)17-4-3-5-18(24(17)45-2)32-20-15-22(33-25(42)16-6-7-16)35-36-23(20)26(43)34-28(29,30)31/h3-5,14-16,41H,6-13H2,1-2H3,(H,34,43)(H2,32,33,35,42). The van der Waals surface area contributed by atoms with Crippen molar-refractivity contribution >= 4 is 58.5 Å². The molecule has 3 aromatic rings. The SMILES string of the molecule is [B]C([B])([B])NC(=O)c1nnc(NC(=O)C2CC2)cc1Nc1cccc(-c2cc(C(=O)N3CCN(CCO)CC3)n(C)n2)c1OC. The Hall–Kier alpha value is -4.37. The van der Waals surface area contributed by atoms with E-state index in [1.165, 1.54) is 17.9 Å². The molecule has 1 saturated carbocycles. The first-order valence-electron chi connectivity index (χ1n) is 14.5. The Labute approximate surface area is 264 Å². The monoisotopic (exact) mass is 607 g/mol. The molecule has 1 aliphatic carbocycles. The molecule has 2 fully saturated rings. The molecule has 14 nitrogen and oxygen atoms in total. The van der Waals surface area contributed by atoms with E-state index in [9.17, 15) is 19.5 Å². The number of aromatic nitrogens is 4. The van der Waals surface area contributed by atoms with Crippen molar-refractivity contribution in [3.63, 3.8) is 0 Å². The van der Waals surface area contributed by atoms with E-state index in [1.807, 2.05) is 0 Å². The van der Waals surface area contributed by atoms with Crippen LogP contribution in [0.1, 0.15) is 33.8 Å². The molecule has 45 heavy (non-hydrogen) atoms. The number of aryl methyl sites for hydroxylation is 1. The van der Waals surface area contributed by atoms with Crippen LogP contribution >= 0.6 is 0 Å². The van der Waals surface area contributed by atoms with Crippen LogP contribution in [0.15, 0.2) is 30.3 Å². The van der Waals surface area contributed by atoms with Crippen LogP contribution in [0.5, 0.6) is 5.75 Å². The van der Waals surface area contributed by atoms with Gasteiger partial charge in [-0.15, -0.1) is 10.2 Å². The molecule has 6 radical (unpaired) electrons. The van der Waals surface area contributed by atoms with Crippen molar-refractivity contribution in [1.82, 2.24) is 35.1 Å². The summed E-state index contributed by atoms with van der Waals surface area (Å²) < 4.78 is 7.31. The summed E-state index contributed by atoms with van der Waals surface area (Å²) in [6.45, 7) is 3.10. The maximum absolute atomic E-state index is 13.4. The van der Waals surface area contributed by atoms with Crippen molar-refractivity contribution in [2.75, 3.05) is 57.1 Å². The fourth-order valence-electron chi connectivity index (χ4n) is 5.02. The molecule has 17 heteroatoms. The van der Waals surface area contributed by atoms with E-state index in [0.29, 0.717) is 61.1 Å². The van der Waals surface area contributed by atoms with Crippen molar-refractivity contribution in [2.45, 2.75) is 18.1 Å². The number of amides is 3. The molecule has 1 aliphatic heterocycles. The Morgan fingerprint density at radius 1 is 1.07 bits per heavy atom. The average molecular weight is 607 g/mol. The minimum absolute atomic E-state index is 0.0783. The highest BCUT2D eigenvalue weighted by Crippen LogP contribution is 2.38. The van der Waals surface area contributed by atoms with Crippen molar-refractivity contribution in [3.05, 3.63) is 41.7 Å². The average Bonchev–Trinajstić information content (AvgIpc) is 3.78. The van der Waals surface area contributed by atoms with Gasteiger partial charge in [-0.25, -0.2) is 0 Å². The highest BCUT2D eigenvalue weighted by Gasteiger charge is 2.31. The lowest BCUT2D eigenvalue weighted by molar-refractivity contribution is -0.117. The van der Waals surface area contributed by atoms with Crippen LogP contribution < -0.4 is 20.7 Å². The number of hydrogen-bond acceptors (Lipinski definition) is 10. The molecular weight excluding hydrogens is 575 g/mol. The zero-order valence-electron chi connectivity index (χ0n) is 25.1. The molecule has 4 N–H and O–H groups in total. The van der Waals surface area contributed by atoms with Crippen molar-refractivity contribution in [3.8, 4) is 17.0 Å². The second-order valence-electron chi connectivity index (χ2n) is 11.0. The Balaban J connectivity index is 1.43. The van der Waals surface area contributed by atoms with Gasteiger partial charge >= 0.3 is 0 Å². The van der Waals surface area contributed by atoms with Crippen LogP contribution in [0.4, 0.5) is 17.2 Å². The van der Waals surface area contributed by atoms with Crippen molar-refractivity contribution in [1.29, 1.82) is 0 Å². The van der Waals surface area contributed by atoms with E-state index in [4.69, 9.17) is 28.3 Å². The summed E-state index contributed by atoms with van der Waals surface area (Å²) in [5, 5.41) is 27.9. The molecule has 2 aromatic heterocycles. The number of aliphatic hydroxyl groups is 1. The molecule has 5 rings (SSSR count). The number of para-hydroxylation sites is 1. The number of β-amino-alcohol motifs (C(OH)–C–C–N with tert-alkyl or cyclic N) is 1. The number of anilines is 3. The van der Waals surface area contributed by atoms with Gasteiger partial charge in [0.15, 0.2) is 17.3 Å². The minimum atomic E-state index is -2.02. The van der Waals surface area contributed by atoms with Crippen molar-refractivity contribution < 1.29 is 24.2 Å². The lowest BCUT2D eigenvalue weighted by atomic mass is 9.49. The molecule has 228 valence electrons. The number of hydrogen-bond donors (Lipinski definition) is 4. The zero-order chi connectivity index (χ0) is 32.3. The Bertz CT molecular complexity index is 1580. The van der Waals surface area contributed by atoms with E-state index < -0.39 is 11.1 Å². The molecule has 1 saturated heterocycles. The molecule has 0 spiro atoms. The fourth-order valence-corrected chi connectivity index (χ4v) is 5.02. The number of rotatable bonds is 11. The maximum Gasteiger partial charge on any atom is 0.272 e. The van der Waals surface area contributed by atoms with Gasteiger partial charge < -0.3 is 30.7 Å². The summed E-state index contributed by atoms with van der Waals surface area (Å²) in [6, 6.07) is 8.42. The zero-order valence-corrected chi connectivity index (χ0v) is 25.1. The van der Waals surface area contributed by atoms with E-state index in [-0.39, 0.29) is 41.5 Å². The van der Waals surface area contributed by atoms with Gasteiger partial charge in [-0.2, -0.15) is 5.10 Å². The van der Waals surface area contributed by atoms with E-state index in [1.54, 1.807) is 36.2 Å².